The molecule has 1 heterocycles. The van der Waals surface area contributed by atoms with Gasteiger partial charge in [-0.2, -0.15) is 0 Å². The number of halogens is 1. The topological polar surface area (TPSA) is 29.5 Å². The van der Waals surface area contributed by atoms with Crippen LogP contribution < -0.4 is 0 Å². The first-order valence-electron chi connectivity index (χ1n) is 7.91. The molecule has 0 radical (unpaired) electrons. The summed E-state index contributed by atoms with van der Waals surface area (Å²) in [6.45, 7) is 11.6. The van der Waals surface area contributed by atoms with E-state index in [4.69, 9.17) is 4.74 Å². The van der Waals surface area contributed by atoms with E-state index in [0.29, 0.717) is 11.8 Å². The van der Waals surface area contributed by atoms with E-state index in [2.05, 4.69) is 48.0 Å². The van der Waals surface area contributed by atoms with Crippen molar-refractivity contribution in [2.45, 2.75) is 52.6 Å². The van der Waals surface area contributed by atoms with E-state index >= 15 is 0 Å². The largest absolute Gasteiger partial charge is 0.444 e. The number of aryl methyl sites for hydroxylation is 1. The zero-order chi connectivity index (χ0) is 16.5. The summed E-state index contributed by atoms with van der Waals surface area (Å²) in [5.41, 5.74) is 2.20. The van der Waals surface area contributed by atoms with Crippen molar-refractivity contribution in [2.24, 2.45) is 5.92 Å². The second-order valence-electron chi connectivity index (χ2n) is 7.36. The van der Waals surface area contributed by atoms with Crippen LogP contribution in [-0.4, -0.2) is 29.7 Å². The number of rotatable bonds is 1. The lowest BCUT2D eigenvalue weighted by atomic mass is 9.81. The second-order valence-corrected chi connectivity index (χ2v) is 8.28. The molecule has 0 saturated carbocycles. The van der Waals surface area contributed by atoms with Gasteiger partial charge in [0.15, 0.2) is 0 Å². The number of carbonyl (C=O) groups is 1. The Labute approximate surface area is 142 Å². The number of ether oxygens (including phenoxy) is 1. The first kappa shape index (κ1) is 17.3. The van der Waals surface area contributed by atoms with Gasteiger partial charge in [0.05, 0.1) is 0 Å². The number of amides is 1. The molecule has 0 spiro atoms. The maximum Gasteiger partial charge on any atom is 0.410 e. The molecule has 0 bridgehead atoms. The summed E-state index contributed by atoms with van der Waals surface area (Å²) < 4.78 is 6.61. The normalized spacial score (nSPS) is 22.5. The van der Waals surface area contributed by atoms with Gasteiger partial charge in [-0.05, 0) is 69.2 Å². The van der Waals surface area contributed by atoms with Crippen molar-refractivity contribution in [1.82, 2.24) is 4.90 Å². The fraction of sp³-hybridized carbons (Fsp3) is 0.611. The highest BCUT2D eigenvalue weighted by Gasteiger charge is 2.32. The summed E-state index contributed by atoms with van der Waals surface area (Å²) in [4.78, 5) is 14.1. The summed E-state index contributed by atoms with van der Waals surface area (Å²) in [5.74, 6) is 0.921. The van der Waals surface area contributed by atoms with Crippen LogP contribution in [0.5, 0.6) is 0 Å². The van der Waals surface area contributed by atoms with Crippen molar-refractivity contribution in [1.29, 1.82) is 0 Å². The standard InChI is InChI=1S/C18H26BrNO2/c1-12-8-14(10-15(19)9-12)16-6-7-20(11-13(16)2)17(21)22-18(3,4)5/h8-10,13,16H,6-7,11H2,1-5H3. The molecule has 4 heteroatoms. The van der Waals surface area contributed by atoms with Crippen LogP contribution in [0.15, 0.2) is 22.7 Å². The van der Waals surface area contributed by atoms with E-state index in [1.165, 1.54) is 11.1 Å². The SMILES string of the molecule is Cc1cc(Br)cc(C2CCN(C(=O)OC(C)(C)C)CC2C)c1. The van der Waals surface area contributed by atoms with Crippen LogP contribution in [0.25, 0.3) is 0 Å². The molecule has 2 rings (SSSR count). The van der Waals surface area contributed by atoms with Crippen LogP contribution >= 0.6 is 15.9 Å². The summed E-state index contributed by atoms with van der Waals surface area (Å²) in [6, 6.07) is 6.59. The zero-order valence-electron chi connectivity index (χ0n) is 14.1. The highest BCUT2D eigenvalue weighted by molar-refractivity contribution is 9.10. The van der Waals surface area contributed by atoms with Gasteiger partial charge in [0.2, 0.25) is 0 Å². The number of hydrogen-bond acceptors (Lipinski definition) is 2. The van der Waals surface area contributed by atoms with Crippen molar-refractivity contribution in [2.75, 3.05) is 13.1 Å². The quantitative estimate of drug-likeness (QED) is 0.689. The van der Waals surface area contributed by atoms with Gasteiger partial charge in [-0.25, -0.2) is 4.79 Å². The third-order valence-electron chi connectivity index (χ3n) is 4.05. The molecule has 2 unspecified atom stereocenters. The van der Waals surface area contributed by atoms with E-state index in [1.54, 1.807) is 0 Å². The number of piperidine rings is 1. The van der Waals surface area contributed by atoms with Gasteiger partial charge in [0, 0.05) is 17.6 Å². The lowest BCUT2D eigenvalue weighted by molar-refractivity contribution is 0.0155. The van der Waals surface area contributed by atoms with Crippen LogP contribution in [-0.2, 0) is 4.74 Å². The molecule has 2 atom stereocenters. The predicted octanol–water partition coefficient (Wildman–Crippen LogP) is 5.12. The minimum atomic E-state index is -0.432. The summed E-state index contributed by atoms with van der Waals surface area (Å²) >= 11 is 3.58. The Bertz CT molecular complexity index is 530. The van der Waals surface area contributed by atoms with Crippen molar-refractivity contribution >= 4 is 22.0 Å². The number of likely N-dealkylation sites (tertiary alicyclic amines) is 1. The van der Waals surface area contributed by atoms with E-state index in [-0.39, 0.29) is 6.09 Å². The molecule has 122 valence electrons. The van der Waals surface area contributed by atoms with Crippen molar-refractivity contribution in [3.63, 3.8) is 0 Å². The van der Waals surface area contributed by atoms with Crippen molar-refractivity contribution in [3.05, 3.63) is 33.8 Å². The van der Waals surface area contributed by atoms with Crippen molar-refractivity contribution < 1.29 is 9.53 Å². The first-order chi connectivity index (χ1) is 10.2. The summed E-state index contributed by atoms with van der Waals surface area (Å²) in [5, 5.41) is 0. The minimum absolute atomic E-state index is 0.191. The monoisotopic (exact) mass is 367 g/mol. The van der Waals surface area contributed by atoms with E-state index in [1.807, 2.05) is 25.7 Å². The van der Waals surface area contributed by atoms with Gasteiger partial charge in [0.25, 0.3) is 0 Å². The number of hydrogen-bond donors (Lipinski definition) is 0. The Balaban J connectivity index is 2.05. The van der Waals surface area contributed by atoms with Crippen LogP contribution in [0.3, 0.4) is 0 Å². The predicted molar refractivity (Wildman–Crippen MR) is 93.2 cm³/mol. The molecule has 1 amide bonds. The average Bonchev–Trinajstić information content (AvgIpc) is 2.35. The smallest absolute Gasteiger partial charge is 0.410 e. The Morgan fingerprint density at radius 2 is 2.00 bits per heavy atom. The zero-order valence-corrected chi connectivity index (χ0v) is 15.7. The Hall–Kier alpha value is -1.03. The Morgan fingerprint density at radius 3 is 2.55 bits per heavy atom. The van der Waals surface area contributed by atoms with Crippen LogP contribution in [0.1, 0.15) is 51.2 Å². The van der Waals surface area contributed by atoms with Gasteiger partial charge >= 0.3 is 6.09 Å². The number of benzene rings is 1. The highest BCUT2D eigenvalue weighted by Crippen LogP contribution is 2.35. The van der Waals surface area contributed by atoms with Crippen molar-refractivity contribution in [3.8, 4) is 0 Å². The van der Waals surface area contributed by atoms with Gasteiger partial charge in [-0.15, -0.1) is 0 Å². The molecular formula is C18H26BrNO2. The minimum Gasteiger partial charge on any atom is -0.444 e. The van der Waals surface area contributed by atoms with E-state index in [0.717, 1.165) is 24.0 Å². The molecule has 1 aromatic rings. The lowest BCUT2D eigenvalue weighted by Crippen LogP contribution is -2.44. The number of carbonyl (C=O) groups excluding carboxylic acids is 1. The highest BCUT2D eigenvalue weighted by atomic mass is 79.9. The molecule has 1 aliphatic heterocycles. The second kappa shape index (κ2) is 6.61. The van der Waals surface area contributed by atoms with E-state index < -0.39 is 5.60 Å². The summed E-state index contributed by atoms with van der Waals surface area (Å²) in [6.07, 6.45) is 0.791. The molecular weight excluding hydrogens is 342 g/mol. The number of nitrogens with zero attached hydrogens (tertiary/aromatic N) is 1. The van der Waals surface area contributed by atoms with Gasteiger partial charge in [0.1, 0.15) is 5.60 Å². The van der Waals surface area contributed by atoms with Crippen LogP contribution in [0.4, 0.5) is 4.79 Å². The molecule has 0 aromatic heterocycles. The molecule has 0 aliphatic carbocycles. The maximum atomic E-state index is 12.2. The third-order valence-corrected chi connectivity index (χ3v) is 4.51. The molecule has 1 saturated heterocycles. The molecule has 1 fully saturated rings. The van der Waals surface area contributed by atoms with Crippen LogP contribution in [0, 0.1) is 12.8 Å². The fourth-order valence-corrected chi connectivity index (χ4v) is 3.74. The summed E-state index contributed by atoms with van der Waals surface area (Å²) in [7, 11) is 0. The Kier molecular flexibility index (Phi) is 5.21. The molecule has 1 aromatic carbocycles. The molecule has 3 nitrogen and oxygen atoms in total. The Morgan fingerprint density at radius 1 is 1.32 bits per heavy atom. The van der Waals surface area contributed by atoms with Crippen LogP contribution in [0.2, 0.25) is 0 Å². The maximum absolute atomic E-state index is 12.2. The lowest BCUT2D eigenvalue weighted by Gasteiger charge is -2.38. The van der Waals surface area contributed by atoms with Gasteiger partial charge < -0.3 is 9.64 Å². The fourth-order valence-electron chi connectivity index (χ4n) is 3.11. The molecule has 1 aliphatic rings. The molecule has 22 heavy (non-hydrogen) atoms. The first-order valence-corrected chi connectivity index (χ1v) is 8.70. The third kappa shape index (κ3) is 4.48. The van der Waals surface area contributed by atoms with Gasteiger partial charge in [-0.3, -0.25) is 0 Å². The van der Waals surface area contributed by atoms with Gasteiger partial charge in [-0.1, -0.05) is 28.9 Å². The average molecular weight is 368 g/mol. The molecule has 0 N–H and O–H groups in total. The van der Waals surface area contributed by atoms with E-state index in [9.17, 15) is 4.79 Å².